The van der Waals surface area contributed by atoms with Crippen molar-refractivity contribution in [3.8, 4) is 0 Å². The van der Waals surface area contributed by atoms with Crippen LogP contribution in [0.2, 0.25) is 0 Å². The number of pyridine rings is 1. The summed E-state index contributed by atoms with van der Waals surface area (Å²) in [5, 5.41) is 3.49. The van der Waals surface area contributed by atoms with E-state index in [4.69, 9.17) is 0 Å². The molecule has 0 aliphatic carbocycles. The van der Waals surface area contributed by atoms with Gasteiger partial charge >= 0.3 is 0 Å². The Hall–Kier alpha value is -0.930. The maximum absolute atomic E-state index is 4.39. The number of nitrogens with zero attached hydrogens (tertiary/aromatic N) is 2. The fourth-order valence-corrected chi connectivity index (χ4v) is 2.06. The first kappa shape index (κ1) is 15.1. The molecular formula is C15H27N3. The lowest BCUT2D eigenvalue weighted by molar-refractivity contribution is 0.235. The third-order valence-electron chi connectivity index (χ3n) is 3.05. The van der Waals surface area contributed by atoms with Crippen molar-refractivity contribution in [2.24, 2.45) is 5.92 Å². The van der Waals surface area contributed by atoms with Crippen molar-refractivity contribution in [3.63, 3.8) is 0 Å². The van der Waals surface area contributed by atoms with Crippen LogP contribution in [0.15, 0.2) is 24.4 Å². The van der Waals surface area contributed by atoms with E-state index in [0.29, 0.717) is 5.92 Å². The maximum atomic E-state index is 4.39. The van der Waals surface area contributed by atoms with Crippen molar-refractivity contribution in [2.75, 3.05) is 26.2 Å². The third-order valence-corrected chi connectivity index (χ3v) is 3.05. The van der Waals surface area contributed by atoms with E-state index in [9.17, 15) is 0 Å². The van der Waals surface area contributed by atoms with Crippen LogP contribution in [0.3, 0.4) is 0 Å². The molecule has 1 unspecified atom stereocenters. The summed E-state index contributed by atoms with van der Waals surface area (Å²) in [5.41, 5.74) is 1.16. The normalized spacial score (nSPS) is 12.9. The summed E-state index contributed by atoms with van der Waals surface area (Å²) in [4.78, 5) is 6.85. The van der Waals surface area contributed by atoms with Crippen LogP contribution in [-0.4, -0.2) is 36.1 Å². The third kappa shape index (κ3) is 6.12. The van der Waals surface area contributed by atoms with Crippen molar-refractivity contribution in [2.45, 2.75) is 33.7 Å². The van der Waals surface area contributed by atoms with Crippen molar-refractivity contribution in [1.82, 2.24) is 15.2 Å². The van der Waals surface area contributed by atoms with E-state index in [1.54, 1.807) is 0 Å². The Labute approximate surface area is 112 Å². The minimum Gasteiger partial charge on any atom is -0.316 e. The van der Waals surface area contributed by atoms with Gasteiger partial charge in [-0.15, -0.1) is 0 Å². The number of hydrogen-bond acceptors (Lipinski definition) is 3. The molecule has 0 aliphatic rings. The number of rotatable bonds is 9. The molecule has 18 heavy (non-hydrogen) atoms. The molecule has 1 aromatic rings. The van der Waals surface area contributed by atoms with Crippen LogP contribution in [0.4, 0.5) is 0 Å². The highest BCUT2D eigenvalue weighted by molar-refractivity contribution is 5.03. The van der Waals surface area contributed by atoms with Crippen LogP contribution in [0.1, 0.15) is 32.9 Å². The average molecular weight is 249 g/mol. The number of aromatic nitrogens is 1. The summed E-state index contributed by atoms with van der Waals surface area (Å²) in [7, 11) is 0. The van der Waals surface area contributed by atoms with Crippen LogP contribution >= 0.6 is 0 Å². The number of hydrogen-bond donors (Lipinski definition) is 1. The zero-order valence-corrected chi connectivity index (χ0v) is 12.0. The van der Waals surface area contributed by atoms with Gasteiger partial charge < -0.3 is 5.32 Å². The second-order valence-electron chi connectivity index (χ2n) is 4.96. The van der Waals surface area contributed by atoms with E-state index in [-0.39, 0.29) is 0 Å². The van der Waals surface area contributed by atoms with Gasteiger partial charge in [0.1, 0.15) is 0 Å². The molecule has 0 spiro atoms. The standard InChI is InChI=1S/C15H27N3/c1-4-9-16-11-14(3)12-18(5-2)13-15-8-6-7-10-17-15/h6-8,10,14,16H,4-5,9,11-13H2,1-3H3. The second-order valence-corrected chi connectivity index (χ2v) is 4.96. The van der Waals surface area contributed by atoms with Crippen molar-refractivity contribution >= 4 is 0 Å². The molecule has 1 N–H and O–H groups in total. The number of nitrogens with one attached hydrogen (secondary N) is 1. The van der Waals surface area contributed by atoms with Gasteiger partial charge in [-0.05, 0) is 44.1 Å². The predicted octanol–water partition coefficient (Wildman–Crippen LogP) is 2.54. The summed E-state index contributed by atoms with van der Waals surface area (Å²) in [5.74, 6) is 0.681. The summed E-state index contributed by atoms with van der Waals surface area (Å²) in [6.07, 6.45) is 3.08. The molecule has 0 saturated carbocycles. The smallest absolute Gasteiger partial charge is 0.0543 e. The topological polar surface area (TPSA) is 28.2 Å². The largest absolute Gasteiger partial charge is 0.316 e. The predicted molar refractivity (Wildman–Crippen MR) is 77.5 cm³/mol. The molecule has 0 radical (unpaired) electrons. The Balaban J connectivity index is 2.32. The molecule has 0 saturated heterocycles. The van der Waals surface area contributed by atoms with Crippen LogP contribution < -0.4 is 5.32 Å². The zero-order valence-electron chi connectivity index (χ0n) is 12.0. The van der Waals surface area contributed by atoms with Gasteiger partial charge in [0.05, 0.1) is 5.69 Å². The van der Waals surface area contributed by atoms with Crippen LogP contribution in [0.5, 0.6) is 0 Å². The molecule has 1 aromatic heterocycles. The maximum Gasteiger partial charge on any atom is 0.0543 e. The SMILES string of the molecule is CCCNCC(C)CN(CC)Cc1ccccn1. The summed E-state index contributed by atoms with van der Waals surface area (Å²) < 4.78 is 0. The lowest BCUT2D eigenvalue weighted by Crippen LogP contribution is -2.33. The van der Waals surface area contributed by atoms with Gasteiger partial charge in [0.25, 0.3) is 0 Å². The monoisotopic (exact) mass is 249 g/mol. The van der Waals surface area contributed by atoms with Crippen molar-refractivity contribution in [3.05, 3.63) is 30.1 Å². The van der Waals surface area contributed by atoms with E-state index in [1.165, 1.54) is 6.42 Å². The quantitative estimate of drug-likeness (QED) is 0.682. The first-order chi connectivity index (χ1) is 8.76. The van der Waals surface area contributed by atoms with Crippen LogP contribution in [0.25, 0.3) is 0 Å². The minimum absolute atomic E-state index is 0.681. The molecule has 0 amide bonds. The van der Waals surface area contributed by atoms with Gasteiger partial charge in [0.15, 0.2) is 0 Å². The molecule has 0 aromatic carbocycles. The lowest BCUT2D eigenvalue weighted by Gasteiger charge is -2.24. The van der Waals surface area contributed by atoms with Crippen molar-refractivity contribution < 1.29 is 0 Å². The molecular weight excluding hydrogens is 222 g/mol. The Kier molecular flexibility index (Phi) is 7.62. The molecule has 0 fully saturated rings. The van der Waals surface area contributed by atoms with E-state index in [2.05, 4.69) is 48.1 Å². The Morgan fingerprint density at radius 3 is 2.78 bits per heavy atom. The van der Waals surface area contributed by atoms with Crippen LogP contribution in [0, 0.1) is 5.92 Å². The highest BCUT2D eigenvalue weighted by Crippen LogP contribution is 2.04. The fourth-order valence-electron chi connectivity index (χ4n) is 2.06. The molecule has 1 rings (SSSR count). The highest BCUT2D eigenvalue weighted by Gasteiger charge is 2.09. The van der Waals surface area contributed by atoms with Crippen LogP contribution in [-0.2, 0) is 6.54 Å². The molecule has 3 heteroatoms. The van der Waals surface area contributed by atoms with Crippen molar-refractivity contribution in [1.29, 1.82) is 0 Å². The molecule has 102 valence electrons. The Morgan fingerprint density at radius 1 is 1.33 bits per heavy atom. The Bertz CT molecular complexity index is 300. The first-order valence-corrected chi connectivity index (χ1v) is 7.09. The molecule has 1 heterocycles. The van der Waals surface area contributed by atoms with Gasteiger partial charge in [-0.3, -0.25) is 9.88 Å². The molecule has 1 atom stereocenters. The van der Waals surface area contributed by atoms with Gasteiger partial charge in [-0.1, -0.05) is 26.8 Å². The first-order valence-electron chi connectivity index (χ1n) is 7.09. The molecule has 0 bridgehead atoms. The summed E-state index contributed by atoms with van der Waals surface area (Å²) in [6, 6.07) is 6.13. The van der Waals surface area contributed by atoms with E-state index >= 15 is 0 Å². The van der Waals surface area contributed by atoms with Gasteiger partial charge in [0.2, 0.25) is 0 Å². The van der Waals surface area contributed by atoms with Gasteiger partial charge in [-0.25, -0.2) is 0 Å². The zero-order chi connectivity index (χ0) is 13.2. The van der Waals surface area contributed by atoms with E-state index in [1.807, 2.05) is 12.3 Å². The molecule has 3 nitrogen and oxygen atoms in total. The van der Waals surface area contributed by atoms with E-state index in [0.717, 1.165) is 38.4 Å². The summed E-state index contributed by atoms with van der Waals surface area (Å²) >= 11 is 0. The lowest BCUT2D eigenvalue weighted by atomic mass is 10.1. The Morgan fingerprint density at radius 2 is 2.17 bits per heavy atom. The van der Waals surface area contributed by atoms with E-state index < -0.39 is 0 Å². The van der Waals surface area contributed by atoms with Gasteiger partial charge in [-0.2, -0.15) is 0 Å². The van der Waals surface area contributed by atoms with Gasteiger partial charge in [0, 0.05) is 19.3 Å². The molecule has 0 aliphatic heterocycles. The average Bonchev–Trinajstić information content (AvgIpc) is 2.39. The second kappa shape index (κ2) is 9.06. The highest BCUT2D eigenvalue weighted by atomic mass is 15.1. The minimum atomic E-state index is 0.681. The fraction of sp³-hybridized carbons (Fsp3) is 0.667. The summed E-state index contributed by atoms with van der Waals surface area (Å²) in [6.45, 7) is 12.1.